The zero-order valence-corrected chi connectivity index (χ0v) is 12.3. The van der Waals surface area contributed by atoms with Gasteiger partial charge < -0.3 is 15.2 Å². The average Bonchev–Trinajstić information content (AvgIpc) is 2.46. The third-order valence-corrected chi connectivity index (χ3v) is 3.64. The molecule has 0 heterocycles. The van der Waals surface area contributed by atoms with Gasteiger partial charge in [0, 0.05) is 28.7 Å². The van der Waals surface area contributed by atoms with E-state index < -0.39 is 0 Å². The van der Waals surface area contributed by atoms with E-state index in [0.717, 1.165) is 16.9 Å². The number of nitrogens with one attached hydrogen (secondary N) is 1. The topological polar surface area (TPSA) is 41.5 Å². The summed E-state index contributed by atoms with van der Waals surface area (Å²) >= 11 is 6.20. The molecule has 0 saturated carbocycles. The van der Waals surface area contributed by atoms with Gasteiger partial charge in [0.05, 0.1) is 7.11 Å². The lowest BCUT2D eigenvalue weighted by atomic mass is 10.1. The molecule has 2 N–H and O–H groups in total. The molecule has 2 rings (SSSR count). The van der Waals surface area contributed by atoms with Crippen molar-refractivity contribution in [3.05, 3.63) is 58.6 Å². The Morgan fingerprint density at radius 1 is 1.20 bits per heavy atom. The van der Waals surface area contributed by atoms with Crippen LogP contribution in [-0.4, -0.2) is 12.2 Å². The first-order chi connectivity index (χ1) is 9.63. The van der Waals surface area contributed by atoms with Gasteiger partial charge in [0.2, 0.25) is 0 Å². The van der Waals surface area contributed by atoms with Gasteiger partial charge in [-0.15, -0.1) is 0 Å². The van der Waals surface area contributed by atoms with Gasteiger partial charge in [-0.1, -0.05) is 35.9 Å². The normalized spacial score (nSPS) is 12.2. The van der Waals surface area contributed by atoms with Crippen molar-refractivity contribution in [1.82, 2.24) is 5.32 Å². The number of methoxy groups -OCH3 is 1. The smallest absolute Gasteiger partial charge is 0.124 e. The molecule has 3 nitrogen and oxygen atoms in total. The lowest BCUT2D eigenvalue weighted by Gasteiger charge is -2.17. The van der Waals surface area contributed by atoms with Gasteiger partial charge in [0.1, 0.15) is 11.5 Å². The number of hydrogen-bond acceptors (Lipinski definition) is 3. The molecule has 0 radical (unpaired) electrons. The van der Waals surface area contributed by atoms with Gasteiger partial charge >= 0.3 is 0 Å². The summed E-state index contributed by atoms with van der Waals surface area (Å²) in [6.07, 6.45) is 0. The predicted molar refractivity (Wildman–Crippen MR) is 81.4 cm³/mol. The summed E-state index contributed by atoms with van der Waals surface area (Å²) in [5.74, 6) is 1.05. The zero-order chi connectivity index (χ0) is 14.5. The van der Waals surface area contributed by atoms with Crippen molar-refractivity contribution >= 4 is 11.6 Å². The Balaban J connectivity index is 2.11. The molecule has 0 bridgehead atoms. The summed E-state index contributed by atoms with van der Waals surface area (Å²) in [6, 6.07) is 12.9. The van der Waals surface area contributed by atoms with E-state index in [1.165, 1.54) is 0 Å². The van der Waals surface area contributed by atoms with Crippen LogP contribution in [0.3, 0.4) is 0 Å². The van der Waals surface area contributed by atoms with Crippen molar-refractivity contribution < 1.29 is 9.84 Å². The third kappa shape index (κ3) is 3.24. The number of rotatable bonds is 5. The molecule has 1 unspecified atom stereocenters. The Kier molecular flexibility index (Phi) is 4.88. The molecular weight excluding hydrogens is 274 g/mol. The second-order valence-electron chi connectivity index (χ2n) is 4.58. The number of phenolic OH excluding ortho intramolecular Hbond substituents is 1. The maximum atomic E-state index is 9.84. The van der Waals surface area contributed by atoms with Crippen LogP contribution in [0.4, 0.5) is 0 Å². The highest BCUT2D eigenvalue weighted by atomic mass is 35.5. The molecule has 0 saturated heterocycles. The molecule has 0 amide bonds. The molecule has 0 aromatic heterocycles. The van der Waals surface area contributed by atoms with Gasteiger partial charge in [-0.25, -0.2) is 0 Å². The first-order valence-electron chi connectivity index (χ1n) is 6.46. The van der Waals surface area contributed by atoms with Crippen molar-refractivity contribution in [1.29, 1.82) is 0 Å². The Morgan fingerprint density at radius 2 is 1.95 bits per heavy atom. The molecule has 1 atom stereocenters. The first-order valence-corrected chi connectivity index (χ1v) is 6.84. The summed E-state index contributed by atoms with van der Waals surface area (Å²) in [5.41, 5.74) is 1.78. The van der Waals surface area contributed by atoms with E-state index in [1.54, 1.807) is 13.2 Å². The van der Waals surface area contributed by atoms with Gasteiger partial charge in [-0.05, 0) is 25.1 Å². The second-order valence-corrected chi connectivity index (χ2v) is 4.99. The lowest BCUT2D eigenvalue weighted by molar-refractivity contribution is 0.405. The van der Waals surface area contributed by atoms with Crippen LogP contribution in [0.2, 0.25) is 5.02 Å². The molecule has 2 aromatic rings. The maximum absolute atomic E-state index is 9.84. The summed E-state index contributed by atoms with van der Waals surface area (Å²) in [4.78, 5) is 0. The Bertz CT molecular complexity index is 586. The molecule has 0 fully saturated rings. The molecule has 20 heavy (non-hydrogen) atoms. The molecule has 0 aliphatic carbocycles. The summed E-state index contributed by atoms with van der Waals surface area (Å²) in [6.45, 7) is 2.57. The van der Waals surface area contributed by atoms with Crippen molar-refractivity contribution in [2.75, 3.05) is 7.11 Å². The van der Waals surface area contributed by atoms with Crippen LogP contribution < -0.4 is 10.1 Å². The fraction of sp³-hybridized carbons (Fsp3) is 0.250. The SMILES string of the molecule is COc1cccc(Cl)c1CNC(C)c1ccccc1O. The van der Waals surface area contributed by atoms with E-state index in [0.29, 0.717) is 17.3 Å². The fourth-order valence-electron chi connectivity index (χ4n) is 2.12. The number of hydrogen-bond donors (Lipinski definition) is 2. The number of phenols is 1. The quantitative estimate of drug-likeness (QED) is 0.878. The standard InChI is InChI=1S/C16H18ClNO2/c1-11(12-6-3-4-8-15(12)19)18-10-13-14(17)7-5-9-16(13)20-2/h3-9,11,18-19H,10H2,1-2H3. The van der Waals surface area contributed by atoms with E-state index in [-0.39, 0.29) is 6.04 Å². The largest absolute Gasteiger partial charge is 0.508 e. The molecular formula is C16H18ClNO2. The monoisotopic (exact) mass is 291 g/mol. The van der Waals surface area contributed by atoms with E-state index in [2.05, 4.69) is 5.32 Å². The Labute approximate surface area is 124 Å². The Hall–Kier alpha value is -1.71. The molecule has 0 spiro atoms. The van der Waals surface area contributed by atoms with E-state index in [1.807, 2.05) is 43.3 Å². The highest BCUT2D eigenvalue weighted by molar-refractivity contribution is 6.31. The minimum absolute atomic E-state index is 0.0113. The molecule has 0 aliphatic rings. The highest BCUT2D eigenvalue weighted by Gasteiger charge is 2.12. The Morgan fingerprint density at radius 3 is 2.65 bits per heavy atom. The number of para-hydroxylation sites is 1. The van der Waals surface area contributed by atoms with Crippen molar-refractivity contribution in [3.8, 4) is 11.5 Å². The molecule has 0 aliphatic heterocycles. The predicted octanol–water partition coefficient (Wildman–Crippen LogP) is 3.91. The van der Waals surface area contributed by atoms with Crippen LogP contribution in [0.15, 0.2) is 42.5 Å². The molecule has 4 heteroatoms. The highest BCUT2D eigenvalue weighted by Crippen LogP contribution is 2.28. The zero-order valence-electron chi connectivity index (χ0n) is 11.6. The lowest BCUT2D eigenvalue weighted by Crippen LogP contribution is -2.18. The van der Waals surface area contributed by atoms with Crippen molar-refractivity contribution in [2.45, 2.75) is 19.5 Å². The second kappa shape index (κ2) is 6.64. The summed E-state index contributed by atoms with van der Waals surface area (Å²) in [5, 5.41) is 13.9. The van der Waals surface area contributed by atoms with Crippen LogP contribution in [-0.2, 0) is 6.54 Å². The summed E-state index contributed by atoms with van der Waals surface area (Å²) in [7, 11) is 1.63. The van der Waals surface area contributed by atoms with Crippen molar-refractivity contribution in [3.63, 3.8) is 0 Å². The maximum Gasteiger partial charge on any atom is 0.124 e. The third-order valence-electron chi connectivity index (χ3n) is 3.28. The van der Waals surface area contributed by atoms with Gasteiger partial charge in [0.25, 0.3) is 0 Å². The van der Waals surface area contributed by atoms with Crippen LogP contribution in [0.5, 0.6) is 11.5 Å². The minimum atomic E-state index is 0.0113. The van der Waals surface area contributed by atoms with Crippen molar-refractivity contribution in [2.24, 2.45) is 0 Å². The van der Waals surface area contributed by atoms with Gasteiger partial charge in [-0.3, -0.25) is 0 Å². The number of ether oxygens (including phenoxy) is 1. The first kappa shape index (κ1) is 14.7. The van der Waals surface area contributed by atoms with Crippen LogP contribution in [0, 0.1) is 0 Å². The fourth-order valence-corrected chi connectivity index (χ4v) is 2.35. The van der Waals surface area contributed by atoms with Gasteiger partial charge in [0.15, 0.2) is 0 Å². The van der Waals surface area contributed by atoms with Gasteiger partial charge in [-0.2, -0.15) is 0 Å². The average molecular weight is 292 g/mol. The van der Waals surface area contributed by atoms with Crippen LogP contribution in [0.1, 0.15) is 24.1 Å². The van der Waals surface area contributed by atoms with Crippen LogP contribution in [0.25, 0.3) is 0 Å². The number of aromatic hydroxyl groups is 1. The van der Waals surface area contributed by atoms with E-state index in [4.69, 9.17) is 16.3 Å². The molecule has 106 valence electrons. The van der Waals surface area contributed by atoms with Crippen LogP contribution >= 0.6 is 11.6 Å². The molecule has 2 aromatic carbocycles. The number of halogens is 1. The van der Waals surface area contributed by atoms with E-state index in [9.17, 15) is 5.11 Å². The minimum Gasteiger partial charge on any atom is -0.508 e. The summed E-state index contributed by atoms with van der Waals surface area (Å²) < 4.78 is 5.31. The van der Waals surface area contributed by atoms with E-state index >= 15 is 0 Å². The number of benzene rings is 2.